The predicted molar refractivity (Wildman–Crippen MR) is 66.2 cm³/mol. The zero-order valence-electron chi connectivity index (χ0n) is 9.81. The van der Waals surface area contributed by atoms with Crippen molar-refractivity contribution in [3.63, 3.8) is 0 Å². The third-order valence-corrected chi connectivity index (χ3v) is 2.48. The smallest absolute Gasteiger partial charge is 0.261 e. The zero-order valence-corrected chi connectivity index (χ0v) is 10.6. The minimum atomic E-state index is -0.663. The molecule has 2 N–H and O–H groups in total. The van der Waals surface area contributed by atoms with Crippen LogP contribution in [0, 0.1) is 0 Å². The molecule has 0 aliphatic heterocycles. The van der Waals surface area contributed by atoms with Crippen LogP contribution in [0.3, 0.4) is 0 Å². The van der Waals surface area contributed by atoms with Crippen LogP contribution >= 0.6 is 11.6 Å². The molecule has 0 aromatic heterocycles. The second kappa shape index (κ2) is 6.47. The van der Waals surface area contributed by atoms with Gasteiger partial charge in [-0.25, -0.2) is 0 Å². The number of halogens is 1. The Hall–Kier alpha value is -1.26. The molecule has 0 aliphatic rings. The highest BCUT2D eigenvalue weighted by Crippen LogP contribution is 2.24. The number of carbonyl (C=O) groups is 1. The van der Waals surface area contributed by atoms with Crippen molar-refractivity contribution in [2.24, 2.45) is 0 Å². The monoisotopic (exact) mass is 257 g/mol. The molecule has 4 nitrogen and oxygen atoms in total. The van der Waals surface area contributed by atoms with E-state index in [9.17, 15) is 4.79 Å². The van der Waals surface area contributed by atoms with E-state index < -0.39 is 6.10 Å². The molecule has 0 heterocycles. The summed E-state index contributed by atoms with van der Waals surface area (Å²) < 4.78 is 5.43. The molecule has 5 heteroatoms. The third kappa shape index (κ3) is 4.24. The first-order chi connectivity index (χ1) is 8.04. The largest absolute Gasteiger partial charge is 0.479 e. The van der Waals surface area contributed by atoms with Crippen LogP contribution in [0.1, 0.15) is 13.8 Å². The summed E-state index contributed by atoms with van der Waals surface area (Å²) in [6.07, 6.45) is -0.663. The van der Waals surface area contributed by atoms with Gasteiger partial charge in [0, 0.05) is 6.04 Å². The minimum absolute atomic E-state index is 0.107. The number of rotatable bonds is 5. The summed E-state index contributed by atoms with van der Waals surface area (Å²) in [6.45, 7) is 3.23. The fourth-order valence-corrected chi connectivity index (χ4v) is 1.37. The number of hydrogen-bond donors (Lipinski definition) is 2. The predicted octanol–water partition coefficient (Wildman–Crippen LogP) is 1.60. The van der Waals surface area contributed by atoms with E-state index in [-0.39, 0.29) is 18.6 Å². The van der Waals surface area contributed by atoms with Gasteiger partial charge in [-0.1, -0.05) is 23.7 Å². The molecule has 0 radical (unpaired) electrons. The Morgan fingerprint density at radius 3 is 2.71 bits per heavy atom. The topological polar surface area (TPSA) is 58.6 Å². The molecule has 2 atom stereocenters. The Kier molecular flexibility index (Phi) is 5.25. The van der Waals surface area contributed by atoms with Gasteiger partial charge in [-0.05, 0) is 26.0 Å². The summed E-state index contributed by atoms with van der Waals surface area (Å²) in [7, 11) is 0. The van der Waals surface area contributed by atoms with Crippen LogP contribution in [0.25, 0.3) is 0 Å². The number of carbonyl (C=O) groups excluding carboxylic acids is 1. The number of benzene rings is 1. The van der Waals surface area contributed by atoms with Gasteiger partial charge in [0.15, 0.2) is 6.10 Å². The number of para-hydroxylation sites is 1. The molecule has 1 rings (SSSR count). The molecular weight excluding hydrogens is 242 g/mol. The average Bonchev–Trinajstić information content (AvgIpc) is 2.31. The molecule has 0 spiro atoms. The van der Waals surface area contributed by atoms with Gasteiger partial charge in [-0.3, -0.25) is 4.79 Å². The molecule has 94 valence electrons. The first kappa shape index (κ1) is 13.8. The van der Waals surface area contributed by atoms with Crippen LogP contribution in [0.2, 0.25) is 5.02 Å². The van der Waals surface area contributed by atoms with E-state index in [0.29, 0.717) is 10.8 Å². The Bertz CT molecular complexity index is 384. The first-order valence-corrected chi connectivity index (χ1v) is 5.74. The number of aliphatic hydroxyl groups excluding tert-OH is 1. The zero-order chi connectivity index (χ0) is 12.8. The maximum Gasteiger partial charge on any atom is 0.261 e. The molecule has 1 aromatic rings. The Morgan fingerprint density at radius 2 is 2.12 bits per heavy atom. The summed E-state index contributed by atoms with van der Waals surface area (Å²) in [5, 5.41) is 11.9. The van der Waals surface area contributed by atoms with Crippen LogP contribution in [0.5, 0.6) is 5.75 Å². The standard InChI is InChI=1S/C12H16ClNO3/c1-8(7-15)14-12(16)9(2)17-11-6-4-3-5-10(11)13/h3-6,8-9,15H,7H2,1-2H3,(H,14,16). The molecule has 0 bridgehead atoms. The number of aliphatic hydroxyl groups is 1. The van der Waals surface area contributed by atoms with E-state index >= 15 is 0 Å². The molecule has 0 fully saturated rings. The van der Waals surface area contributed by atoms with Gasteiger partial charge in [0.1, 0.15) is 5.75 Å². The number of nitrogens with one attached hydrogen (secondary N) is 1. The fourth-order valence-electron chi connectivity index (χ4n) is 1.19. The van der Waals surface area contributed by atoms with E-state index in [0.717, 1.165) is 0 Å². The molecule has 17 heavy (non-hydrogen) atoms. The second-order valence-electron chi connectivity index (χ2n) is 3.78. The Balaban J connectivity index is 2.57. The van der Waals surface area contributed by atoms with Crippen molar-refractivity contribution in [2.75, 3.05) is 6.61 Å². The first-order valence-electron chi connectivity index (χ1n) is 5.37. The Labute approximate surface area is 106 Å². The fraction of sp³-hybridized carbons (Fsp3) is 0.417. The summed E-state index contributed by atoms with van der Waals surface area (Å²) in [6, 6.07) is 6.66. The minimum Gasteiger partial charge on any atom is -0.479 e. The number of ether oxygens (including phenoxy) is 1. The van der Waals surface area contributed by atoms with Crippen LogP contribution in [0.4, 0.5) is 0 Å². The lowest BCUT2D eigenvalue weighted by Gasteiger charge is -2.17. The normalized spacial score (nSPS) is 13.9. The van der Waals surface area contributed by atoms with Gasteiger partial charge in [0.25, 0.3) is 5.91 Å². The highest BCUT2D eigenvalue weighted by molar-refractivity contribution is 6.32. The highest BCUT2D eigenvalue weighted by Gasteiger charge is 2.17. The van der Waals surface area contributed by atoms with Crippen molar-refractivity contribution in [1.82, 2.24) is 5.32 Å². The SMILES string of the molecule is CC(CO)NC(=O)C(C)Oc1ccccc1Cl. The van der Waals surface area contributed by atoms with E-state index in [2.05, 4.69) is 5.32 Å². The second-order valence-corrected chi connectivity index (χ2v) is 4.19. The molecule has 0 saturated carbocycles. The van der Waals surface area contributed by atoms with Crippen molar-refractivity contribution in [3.8, 4) is 5.75 Å². The van der Waals surface area contributed by atoms with Crippen LogP contribution < -0.4 is 10.1 Å². The van der Waals surface area contributed by atoms with Gasteiger partial charge in [0.05, 0.1) is 11.6 Å². The van der Waals surface area contributed by atoms with Crippen LogP contribution in [-0.4, -0.2) is 29.8 Å². The van der Waals surface area contributed by atoms with Crippen molar-refractivity contribution >= 4 is 17.5 Å². The number of amides is 1. The summed E-state index contributed by atoms with van der Waals surface area (Å²) >= 11 is 5.91. The maximum absolute atomic E-state index is 11.6. The molecular formula is C12H16ClNO3. The van der Waals surface area contributed by atoms with Gasteiger partial charge in [0.2, 0.25) is 0 Å². The molecule has 0 aliphatic carbocycles. The van der Waals surface area contributed by atoms with Crippen LogP contribution in [-0.2, 0) is 4.79 Å². The van der Waals surface area contributed by atoms with Gasteiger partial charge >= 0.3 is 0 Å². The summed E-state index contributed by atoms with van der Waals surface area (Å²) in [5.41, 5.74) is 0. The van der Waals surface area contributed by atoms with Gasteiger partial charge in [-0.2, -0.15) is 0 Å². The van der Waals surface area contributed by atoms with Crippen molar-refractivity contribution < 1.29 is 14.6 Å². The maximum atomic E-state index is 11.6. The molecule has 2 unspecified atom stereocenters. The van der Waals surface area contributed by atoms with Crippen molar-refractivity contribution in [1.29, 1.82) is 0 Å². The van der Waals surface area contributed by atoms with E-state index in [1.165, 1.54) is 0 Å². The summed E-state index contributed by atoms with van der Waals surface area (Å²) in [4.78, 5) is 11.6. The third-order valence-electron chi connectivity index (χ3n) is 2.17. The van der Waals surface area contributed by atoms with Crippen LogP contribution in [0.15, 0.2) is 24.3 Å². The lowest BCUT2D eigenvalue weighted by atomic mass is 10.3. The van der Waals surface area contributed by atoms with E-state index in [4.69, 9.17) is 21.4 Å². The summed E-state index contributed by atoms with van der Waals surface area (Å²) in [5.74, 6) is 0.180. The molecule has 1 amide bonds. The molecule has 1 aromatic carbocycles. The lowest BCUT2D eigenvalue weighted by Crippen LogP contribution is -2.42. The van der Waals surface area contributed by atoms with Gasteiger partial charge in [-0.15, -0.1) is 0 Å². The number of hydrogen-bond acceptors (Lipinski definition) is 3. The van der Waals surface area contributed by atoms with Gasteiger partial charge < -0.3 is 15.2 Å². The Morgan fingerprint density at radius 1 is 1.47 bits per heavy atom. The van der Waals surface area contributed by atoms with E-state index in [1.54, 1.807) is 38.1 Å². The lowest BCUT2D eigenvalue weighted by molar-refractivity contribution is -0.128. The molecule has 0 saturated heterocycles. The van der Waals surface area contributed by atoms with E-state index in [1.807, 2.05) is 0 Å². The average molecular weight is 258 g/mol. The van der Waals surface area contributed by atoms with Crippen molar-refractivity contribution in [3.05, 3.63) is 29.3 Å². The quantitative estimate of drug-likeness (QED) is 0.843. The van der Waals surface area contributed by atoms with Crippen molar-refractivity contribution in [2.45, 2.75) is 26.0 Å². The highest BCUT2D eigenvalue weighted by atomic mass is 35.5.